The fourth-order valence-corrected chi connectivity index (χ4v) is 4.15. The molecule has 2 aromatic carbocycles. The highest BCUT2D eigenvalue weighted by Gasteiger charge is 2.26. The molecule has 1 aliphatic rings. The van der Waals surface area contributed by atoms with E-state index in [0.29, 0.717) is 25.7 Å². The predicted molar refractivity (Wildman–Crippen MR) is 116 cm³/mol. The van der Waals surface area contributed by atoms with Gasteiger partial charge in [0.2, 0.25) is 5.43 Å². The number of benzene rings is 2. The molecule has 166 valence electrons. The first-order chi connectivity index (χ1) is 15.2. The normalized spacial score (nSPS) is 16.4. The third-order valence-corrected chi connectivity index (χ3v) is 5.54. The Morgan fingerprint density at radius 1 is 1.25 bits per heavy atom. The largest absolute Gasteiger partial charge is 0.477 e. The molecule has 3 aromatic rings. The quantitative estimate of drug-likeness (QED) is 0.645. The summed E-state index contributed by atoms with van der Waals surface area (Å²) in [5, 5.41) is 12.5. The number of piperazine rings is 1. The topological polar surface area (TPSA) is 74.6 Å². The van der Waals surface area contributed by atoms with Crippen LogP contribution in [0.5, 0.6) is 0 Å². The first kappa shape index (κ1) is 21.6. The SMILES string of the molecule is C=Cc1c(N2CCNC(C)C2)c(F)cc2c(=O)c(C(=O)O)cn(-c3ccc(F)cc3F)c12. The minimum Gasteiger partial charge on any atom is -0.477 e. The van der Waals surface area contributed by atoms with Gasteiger partial charge in [-0.15, -0.1) is 0 Å². The van der Waals surface area contributed by atoms with Crippen molar-refractivity contribution in [2.75, 3.05) is 24.5 Å². The van der Waals surface area contributed by atoms with Crippen molar-refractivity contribution in [3.63, 3.8) is 0 Å². The van der Waals surface area contributed by atoms with E-state index < -0.39 is 34.4 Å². The highest BCUT2D eigenvalue weighted by atomic mass is 19.1. The zero-order valence-electron chi connectivity index (χ0n) is 17.2. The monoisotopic (exact) mass is 443 g/mol. The Morgan fingerprint density at radius 2 is 2.00 bits per heavy atom. The second-order valence-electron chi connectivity index (χ2n) is 7.66. The molecular weight excluding hydrogens is 423 g/mol. The molecule has 2 N–H and O–H groups in total. The molecule has 4 rings (SSSR count). The number of aromatic carboxylic acids is 1. The van der Waals surface area contributed by atoms with E-state index in [-0.39, 0.29) is 33.9 Å². The van der Waals surface area contributed by atoms with Crippen LogP contribution in [0.3, 0.4) is 0 Å². The Labute approximate surface area is 181 Å². The molecule has 0 bridgehead atoms. The number of pyridine rings is 1. The smallest absolute Gasteiger partial charge is 0.341 e. The Balaban J connectivity index is 2.15. The van der Waals surface area contributed by atoms with E-state index in [1.54, 1.807) is 4.90 Å². The number of carbonyl (C=O) groups is 1. The number of nitrogens with one attached hydrogen (secondary N) is 1. The average Bonchev–Trinajstić information content (AvgIpc) is 2.73. The second kappa shape index (κ2) is 8.16. The summed E-state index contributed by atoms with van der Waals surface area (Å²) in [6.45, 7) is 7.27. The van der Waals surface area contributed by atoms with Gasteiger partial charge in [0.05, 0.1) is 22.3 Å². The van der Waals surface area contributed by atoms with E-state index in [1.807, 2.05) is 6.92 Å². The van der Waals surface area contributed by atoms with Crippen molar-refractivity contribution in [2.45, 2.75) is 13.0 Å². The van der Waals surface area contributed by atoms with Crippen molar-refractivity contribution in [2.24, 2.45) is 0 Å². The van der Waals surface area contributed by atoms with Crippen molar-refractivity contribution in [3.05, 3.63) is 75.8 Å². The second-order valence-corrected chi connectivity index (χ2v) is 7.66. The van der Waals surface area contributed by atoms with Crippen LogP contribution in [0.2, 0.25) is 0 Å². The molecule has 1 saturated heterocycles. The number of fused-ring (bicyclic) bond motifs is 1. The summed E-state index contributed by atoms with van der Waals surface area (Å²) in [5.41, 5.74) is -1.28. The number of hydrogen-bond donors (Lipinski definition) is 2. The van der Waals surface area contributed by atoms with Crippen LogP contribution in [-0.4, -0.2) is 41.3 Å². The molecule has 2 heterocycles. The van der Waals surface area contributed by atoms with Gasteiger partial charge >= 0.3 is 5.97 Å². The van der Waals surface area contributed by atoms with Gasteiger partial charge in [0.15, 0.2) is 0 Å². The van der Waals surface area contributed by atoms with Crippen LogP contribution in [0.25, 0.3) is 22.7 Å². The molecule has 6 nitrogen and oxygen atoms in total. The number of rotatable bonds is 4. The van der Waals surface area contributed by atoms with Crippen LogP contribution in [-0.2, 0) is 0 Å². The summed E-state index contributed by atoms with van der Waals surface area (Å²) in [6.07, 6.45) is 2.32. The molecule has 1 unspecified atom stereocenters. The Hall–Kier alpha value is -3.59. The maximum atomic E-state index is 15.3. The summed E-state index contributed by atoms with van der Waals surface area (Å²) in [4.78, 5) is 26.4. The van der Waals surface area contributed by atoms with Gasteiger partial charge in [-0.1, -0.05) is 12.7 Å². The van der Waals surface area contributed by atoms with Crippen molar-refractivity contribution >= 4 is 28.6 Å². The van der Waals surface area contributed by atoms with Gasteiger partial charge < -0.3 is 19.9 Å². The van der Waals surface area contributed by atoms with E-state index >= 15 is 4.39 Å². The number of carboxylic acid groups (broad SMARTS) is 1. The summed E-state index contributed by atoms with van der Waals surface area (Å²) in [5.74, 6) is -4.05. The Bertz CT molecular complexity index is 1320. The maximum absolute atomic E-state index is 15.3. The van der Waals surface area contributed by atoms with E-state index in [2.05, 4.69) is 11.9 Å². The number of nitrogens with zero attached hydrogens (tertiary/aromatic N) is 2. The Morgan fingerprint density at radius 3 is 2.62 bits per heavy atom. The number of carboxylic acids is 1. The number of aromatic nitrogens is 1. The van der Waals surface area contributed by atoms with Crippen LogP contribution in [0.15, 0.2) is 41.8 Å². The van der Waals surface area contributed by atoms with Crippen molar-refractivity contribution in [1.29, 1.82) is 0 Å². The molecule has 0 aliphatic carbocycles. The zero-order chi connectivity index (χ0) is 23.2. The molecule has 9 heteroatoms. The van der Waals surface area contributed by atoms with Gasteiger partial charge in [0, 0.05) is 43.5 Å². The summed E-state index contributed by atoms with van der Waals surface area (Å²) in [6, 6.07) is 3.83. The summed E-state index contributed by atoms with van der Waals surface area (Å²) >= 11 is 0. The van der Waals surface area contributed by atoms with Gasteiger partial charge in [0.25, 0.3) is 0 Å². The van der Waals surface area contributed by atoms with E-state index in [4.69, 9.17) is 0 Å². The fourth-order valence-electron chi connectivity index (χ4n) is 4.15. The Kier molecular flexibility index (Phi) is 5.52. The minimum atomic E-state index is -1.55. The lowest BCUT2D eigenvalue weighted by molar-refractivity contribution is 0.0695. The molecule has 0 spiro atoms. The maximum Gasteiger partial charge on any atom is 0.341 e. The standard InChI is InChI=1S/C23H20F3N3O3/c1-3-14-20-15(9-18(26)21(14)28-7-6-27-12(2)10-28)22(30)16(23(31)32)11-29(20)19-5-4-13(24)8-17(19)25/h3-5,8-9,11-12,27H,1,6-7,10H2,2H3,(H,31,32). The van der Waals surface area contributed by atoms with E-state index in [1.165, 1.54) is 6.08 Å². The van der Waals surface area contributed by atoms with Crippen LogP contribution in [0.1, 0.15) is 22.8 Å². The highest BCUT2D eigenvalue weighted by molar-refractivity contribution is 5.99. The number of halogens is 3. The van der Waals surface area contributed by atoms with E-state index in [9.17, 15) is 23.5 Å². The summed E-state index contributed by atoms with van der Waals surface area (Å²) in [7, 11) is 0. The molecule has 32 heavy (non-hydrogen) atoms. The number of anilines is 1. The third-order valence-electron chi connectivity index (χ3n) is 5.54. The van der Waals surface area contributed by atoms with E-state index in [0.717, 1.165) is 29.0 Å². The van der Waals surface area contributed by atoms with Crippen molar-refractivity contribution < 1.29 is 23.1 Å². The lowest BCUT2D eigenvalue weighted by atomic mass is 10.0. The predicted octanol–water partition coefficient (Wildman–Crippen LogP) is 3.55. The lowest BCUT2D eigenvalue weighted by Crippen LogP contribution is -2.49. The lowest BCUT2D eigenvalue weighted by Gasteiger charge is -2.35. The van der Waals surface area contributed by atoms with Crippen LogP contribution in [0, 0.1) is 17.5 Å². The van der Waals surface area contributed by atoms with Crippen LogP contribution >= 0.6 is 0 Å². The molecule has 1 fully saturated rings. The van der Waals surface area contributed by atoms with Gasteiger partial charge in [-0.05, 0) is 25.1 Å². The van der Waals surface area contributed by atoms with Crippen molar-refractivity contribution in [3.8, 4) is 5.69 Å². The van der Waals surface area contributed by atoms with Gasteiger partial charge in [-0.25, -0.2) is 18.0 Å². The molecular formula is C23H20F3N3O3. The van der Waals surface area contributed by atoms with Gasteiger partial charge in [0.1, 0.15) is 23.0 Å². The summed E-state index contributed by atoms with van der Waals surface area (Å²) < 4.78 is 44.7. The average molecular weight is 443 g/mol. The zero-order valence-corrected chi connectivity index (χ0v) is 17.2. The molecule has 0 radical (unpaired) electrons. The van der Waals surface area contributed by atoms with Crippen molar-refractivity contribution in [1.82, 2.24) is 9.88 Å². The fraction of sp³-hybridized carbons (Fsp3) is 0.217. The third kappa shape index (κ3) is 3.54. The number of hydrogen-bond acceptors (Lipinski definition) is 4. The van der Waals surface area contributed by atoms with Crippen LogP contribution < -0.4 is 15.6 Å². The first-order valence-corrected chi connectivity index (χ1v) is 9.94. The van der Waals surface area contributed by atoms with Gasteiger partial charge in [-0.2, -0.15) is 0 Å². The molecule has 1 atom stereocenters. The highest BCUT2D eigenvalue weighted by Crippen LogP contribution is 2.34. The minimum absolute atomic E-state index is 0.0719. The molecule has 0 saturated carbocycles. The molecule has 1 aliphatic heterocycles. The molecule has 0 amide bonds. The van der Waals surface area contributed by atoms with Gasteiger partial charge in [-0.3, -0.25) is 4.79 Å². The first-order valence-electron chi connectivity index (χ1n) is 9.94. The molecule has 1 aromatic heterocycles. The van der Waals surface area contributed by atoms with Crippen LogP contribution in [0.4, 0.5) is 18.9 Å².